The highest BCUT2D eigenvalue weighted by atomic mass is 14.3. The standard InChI is InChI=1S/C11H22.C2H4.CH4/c1-9-5-7-10(8-6-9)11(2,3)4;1-2;/h9-10H,5-8H2,1-4H3;1-2H2;1H4. The zero-order valence-corrected chi connectivity index (χ0v) is 9.90. The fourth-order valence-electron chi connectivity index (χ4n) is 2.13. The summed E-state index contributed by atoms with van der Waals surface area (Å²) >= 11 is 0. The van der Waals surface area contributed by atoms with Crippen LogP contribution in [0.25, 0.3) is 0 Å². The van der Waals surface area contributed by atoms with E-state index >= 15 is 0 Å². The molecule has 0 aromatic carbocycles. The molecule has 0 unspecified atom stereocenters. The molecule has 0 atom stereocenters. The fourth-order valence-corrected chi connectivity index (χ4v) is 2.13. The molecule has 0 aromatic rings. The fraction of sp³-hybridized carbons (Fsp3) is 0.857. The van der Waals surface area contributed by atoms with E-state index in [-0.39, 0.29) is 7.43 Å². The second kappa shape index (κ2) is 7.09. The lowest BCUT2D eigenvalue weighted by molar-refractivity contribution is 0.155. The van der Waals surface area contributed by atoms with Crippen LogP contribution in [0.5, 0.6) is 0 Å². The molecule has 14 heavy (non-hydrogen) atoms. The minimum absolute atomic E-state index is 0. The summed E-state index contributed by atoms with van der Waals surface area (Å²) in [6.07, 6.45) is 5.85. The highest BCUT2D eigenvalue weighted by Crippen LogP contribution is 2.39. The van der Waals surface area contributed by atoms with Crippen molar-refractivity contribution < 1.29 is 0 Å². The molecule has 0 heteroatoms. The van der Waals surface area contributed by atoms with Gasteiger partial charge in [0.15, 0.2) is 0 Å². The van der Waals surface area contributed by atoms with E-state index in [2.05, 4.69) is 40.9 Å². The van der Waals surface area contributed by atoms with Crippen molar-refractivity contribution in [2.75, 3.05) is 0 Å². The first kappa shape index (κ1) is 16.2. The van der Waals surface area contributed by atoms with Crippen molar-refractivity contribution in [3.05, 3.63) is 13.2 Å². The summed E-state index contributed by atoms with van der Waals surface area (Å²) in [6.45, 7) is 15.5. The summed E-state index contributed by atoms with van der Waals surface area (Å²) in [5, 5.41) is 0. The van der Waals surface area contributed by atoms with Gasteiger partial charge in [0.2, 0.25) is 0 Å². The minimum Gasteiger partial charge on any atom is -0.106 e. The Bertz CT molecular complexity index is 121. The van der Waals surface area contributed by atoms with Gasteiger partial charge in [0.1, 0.15) is 0 Å². The van der Waals surface area contributed by atoms with Crippen molar-refractivity contribution in [2.24, 2.45) is 17.3 Å². The van der Waals surface area contributed by atoms with Crippen molar-refractivity contribution >= 4 is 0 Å². The van der Waals surface area contributed by atoms with E-state index in [0.717, 1.165) is 11.8 Å². The Hall–Kier alpha value is -0.260. The first-order valence-electron chi connectivity index (χ1n) is 5.50. The Balaban J connectivity index is 0. The normalized spacial score (nSPS) is 26.9. The van der Waals surface area contributed by atoms with Gasteiger partial charge < -0.3 is 0 Å². The maximum atomic E-state index is 3.00. The molecule has 1 aliphatic rings. The summed E-state index contributed by atoms with van der Waals surface area (Å²) in [4.78, 5) is 0. The Morgan fingerprint density at radius 1 is 0.929 bits per heavy atom. The molecule has 1 rings (SSSR count). The van der Waals surface area contributed by atoms with E-state index in [1.165, 1.54) is 25.7 Å². The third-order valence-electron chi connectivity index (χ3n) is 3.24. The highest BCUT2D eigenvalue weighted by Gasteiger charge is 2.27. The molecule has 0 aromatic heterocycles. The van der Waals surface area contributed by atoms with Crippen molar-refractivity contribution in [3.8, 4) is 0 Å². The second-order valence-corrected chi connectivity index (χ2v) is 5.32. The predicted molar refractivity (Wildman–Crippen MR) is 68.6 cm³/mol. The summed E-state index contributed by atoms with van der Waals surface area (Å²) in [7, 11) is 0. The van der Waals surface area contributed by atoms with Crippen LogP contribution in [0.2, 0.25) is 0 Å². The SMILES string of the molecule is C.C=C.CC1CCC(C(C)(C)C)CC1. The zero-order valence-electron chi connectivity index (χ0n) is 9.90. The Morgan fingerprint density at radius 3 is 1.57 bits per heavy atom. The van der Waals surface area contributed by atoms with E-state index in [4.69, 9.17) is 0 Å². The van der Waals surface area contributed by atoms with E-state index in [1.807, 2.05) is 0 Å². The van der Waals surface area contributed by atoms with Gasteiger partial charge in [-0.15, -0.1) is 13.2 Å². The van der Waals surface area contributed by atoms with Gasteiger partial charge in [0.05, 0.1) is 0 Å². The molecule has 86 valence electrons. The Kier molecular flexibility index (Phi) is 8.19. The van der Waals surface area contributed by atoms with Gasteiger partial charge in [-0.1, -0.05) is 48.0 Å². The van der Waals surface area contributed by atoms with Crippen LogP contribution < -0.4 is 0 Å². The third kappa shape index (κ3) is 5.47. The molecule has 1 fully saturated rings. The summed E-state index contributed by atoms with van der Waals surface area (Å²) in [6, 6.07) is 0. The van der Waals surface area contributed by atoms with Gasteiger partial charge in [-0.25, -0.2) is 0 Å². The second-order valence-electron chi connectivity index (χ2n) is 5.32. The molecule has 0 N–H and O–H groups in total. The lowest BCUT2D eigenvalue weighted by Crippen LogP contribution is -2.24. The van der Waals surface area contributed by atoms with Gasteiger partial charge in [0.25, 0.3) is 0 Å². The molecule has 0 heterocycles. The lowest BCUT2D eigenvalue weighted by Gasteiger charge is -2.35. The summed E-state index contributed by atoms with van der Waals surface area (Å²) in [5.41, 5.74) is 0.556. The monoisotopic (exact) mass is 198 g/mol. The van der Waals surface area contributed by atoms with Crippen LogP contribution in [0, 0.1) is 17.3 Å². The van der Waals surface area contributed by atoms with Crippen LogP contribution in [-0.2, 0) is 0 Å². The van der Waals surface area contributed by atoms with Gasteiger partial charge in [0, 0.05) is 0 Å². The molecule has 1 saturated carbocycles. The van der Waals surface area contributed by atoms with E-state index in [9.17, 15) is 0 Å². The average Bonchev–Trinajstić information content (AvgIpc) is 2.07. The van der Waals surface area contributed by atoms with E-state index < -0.39 is 0 Å². The average molecular weight is 198 g/mol. The topological polar surface area (TPSA) is 0 Å². The van der Waals surface area contributed by atoms with Crippen LogP contribution in [0.1, 0.15) is 60.8 Å². The van der Waals surface area contributed by atoms with E-state index in [1.54, 1.807) is 0 Å². The molecule has 0 amide bonds. The number of rotatable bonds is 0. The van der Waals surface area contributed by atoms with Gasteiger partial charge in [-0.2, -0.15) is 0 Å². The predicted octanol–water partition coefficient (Wildman–Crippen LogP) is 5.30. The number of hydrogen-bond acceptors (Lipinski definition) is 0. The van der Waals surface area contributed by atoms with Crippen LogP contribution in [0.3, 0.4) is 0 Å². The third-order valence-corrected chi connectivity index (χ3v) is 3.24. The highest BCUT2D eigenvalue weighted by molar-refractivity contribution is 4.78. The smallest absolute Gasteiger partial charge is 0.0354 e. The molecule has 0 spiro atoms. The van der Waals surface area contributed by atoms with E-state index in [0.29, 0.717) is 5.41 Å². The number of hydrogen-bond donors (Lipinski definition) is 0. The maximum absolute atomic E-state index is 3.00. The van der Waals surface area contributed by atoms with Crippen molar-refractivity contribution in [3.63, 3.8) is 0 Å². The largest absolute Gasteiger partial charge is 0.106 e. The minimum atomic E-state index is 0. The van der Waals surface area contributed by atoms with Gasteiger partial charge in [-0.05, 0) is 30.1 Å². The lowest BCUT2D eigenvalue weighted by atomic mass is 9.70. The molecule has 0 radical (unpaired) electrons. The molecule has 1 aliphatic carbocycles. The first-order valence-corrected chi connectivity index (χ1v) is 5.50. The Labute approximate surface area is 91.8 Å². The van der Waals surface area contributed by atoms with Crippen molar-refractivity contribution in [2.45, 2.75) is 60.8 Å². The van der Waals surface area contributed by atoms with Gasteiger partial charge in [-0.3, -0.25) is 0 Å². The quantitative estimate of drug-likeness (QED) is 0.463. The van der Waals surface area contributed by atoms with Crippen LogP contribution in [0.4, 0.5) is 0 Å². The van der Waals surface area contributed by atoms with Crippen LogP contribution in [-0.4, -0.2) is 0 Å². The van der Waals surface area contributed by atoms with Crippen LogP contribution in [0.15, 0.2) is 13.2 Å². The van der Waals surface area contributed by atoms with Crippen molar-refractivity contribution in [1.29, 1.82) is 0 Å². The molecule has 0 saturated heterocycles. The molecular weight excluding hydrogens is 168 g/mol. The molecule has 0 aliphatic heterocycles. The molecule has 0 nitrogen and oxygen atoms in total. The summed E-state index contributed by atoms with van der Waals surface area (Å²) in [5.74, 6) is 1.98. The summed E-state index contributed by atoms with van der Waals surface area (Å²) < 4.78 is 0. The first-order chi connectivity index (χ1) is 6.00. The van der Waals surface area contributed by atoms with Crippen LogP contribution >= 0.6 is 0 Å². The maximum Gasteiger partial charge on any atom is -0.0354 e. The molecule has 0 bridgehead atoms. The zero-order chi connectivity index (χ0) is 10.5. The van der Waals surface area contributed by atoms with Crippen molar-refractivity contribution in [1.82, 2.24) is 0 Å². The van der Waals surface area contributed by atoms with Gasteiger partial charge >= 0.3 is 0 Å². The molecular formula is C14H30. The Morgan fingerprint density at radius 2 is 1.29 bits per heavy atom.